The van der Waals surface area contributed by atoms with Crippen molar-refractivity contribution in [3.8, 4) is 0 Å². The Morgan fingerprint density at radius 2 is 2.00 bits per heavy atom. The van der Waals surface area contributed by atoms with E-state index in [4.69, 9.17) is 5.11 Å². The summed E-state index contributed by atoms with van der Waals surface area (Å²) in [6.45, 7) is 1.84. The van der Waals surface area contributed by atoms with E-state index in [0.717, 1.165) is 25.7 Å². The van der Waals surface area contributed by atoms with Crippen molar-refractivity contribution in [1.29, 1.82) is 0 Å². The third kappa shape index (κ3) is 4.59. The lowest BCUT2D eigenvalue weighted by Crippen LogP contribution is -2.43. The summed E-state index contributed by atoms with van der Waals surface area (Å²) in [6, 6.07) is -0.791. The number of hydrogen-bond acceptors (Lipinski definition) is 2. The molecule has 0 heterocycles. The third-order valence-electron chi connectivity index (χ3n) is 3.20. The summed E-state index contributed by atoms with van der Waals surface area (Å²) in [7, 11) is 0. The van der Waals surface area contributed by atoms with Crippen LogP contribution in [0, 0.1) is 5.92 Å². The number of amides is 1. The molecule has 96 valence electrons. The molecule has 1 amide bonds. The Labute approximate surface area is 102 Å². The van der Waals surface area contributed by atoms with Crippen LogP contribution in [0.2, 0.25) is 0 Å². The minimum atomic E-state index is -0.966. The number of allylic oxidation sites excluding steroid dienone is 1. The van der Waals surface area contributed by atoms with E-state index in [2.05, 4.69) is 5.32 Å². The van der Waals surface area contributed by atoms with Crippen LogP contribution in [-0.4, -0.2) is 23.0 Å². The van der Waals surface area contributed by atoms with Crippen LogP contribution < -0.4 is 5.32 Å². The Hall–Kier alpha value is -1.32. The molecular weight excluding hydrogens is 218 g/mol. The Morgan fingerprint density at radius 3 is 2.53 bits per heavy atom. The van der Waals surface area contributed by atoms with Gasteiger partial charge in [0, 0.05) is 5.92 Å². The predicted molar refractivity (Wildman–Crippen MR) is 65.6 cm³/mol. The summed E-state index contributed by atoms with van der Waals surface area (Å²) >= 11 is 0. The molecule has 1 aliphatic rings. The van der Waals surface area contributed by atoms with Crippen LogP contribution in [0.3, 0.4) is 0 Å². The molecule has 0 aliphatic heterocycles. The number of carbonyl (C=O) groups excluding carboxylic acids is 1. The molecule has 2 N–H and O–H groups in total. The van der Waals surface area contributed by atoms with Gasteiger partial charge in [0.2, 0.25) is 5.91 Å². The minimum Gasteiger partial charge on any atom is -0.480 e. The molecule has 1 fully saturated rings. The van der Waals surface area contributed by atoms with Crippen LogP contribution in [0.25, 0.3) is 0 Å². The van der Waals surface area contributed by atoms with Gasteiger partial charge in [-0.1, -0.05) is 31.4 Å². The molecule has 0 aromatic rings. The van der Waals surface area contributed by atoms with Crippen molar-refractivity contribution in [3.63, 3.8) is 0 Å². The highest BCUT2D eigenvalue weighted by molar-refractivity contribution is 5.85. The molecule has 1 rings (SSSR count). The van der Waals surface area contributed by atoms with Gasteiger partial charge in [-0.25, -0.2) is 4.79 Å². The second-order valence-corrected chi connectivity index (χ2v) is 4.54. The van der Waals surface area contributed by atoms with E-state index in [1.54, 1.807) is 12.2 Å². The van der Waals surface area contributed by atoms with Crippen molar-refractivity contribution in [2.24, 2.45) is 5.92 Å². The summed E-state index contributed by atoms with van der Waals surface area (Å²) in [5.41, 5.74) is 0. The van der Waals surface area contributed by atoms with Gasteiger partial charge in [-0.3, -0.25) is 4.79 Å². The Bertz CT molecular complexity index is 293. The van der Waals surface area contributed by atoms with Gasteiger partial charge >= 0.3 is 5.97 Å². The molecule has 1 saturated carbocycles. The van der Waals surface area contributed by atoms with Crippen LogP contribution in [-0.2, 0) is 9.59 Å². The molecule has 0 spiro atoms. The lowest BCUT2D eigenvalue weighted by molar-refractivity contribution is -0.142. The van der Waals surface area contributed by atoms with Gasteiger partial charge in [-0.05, 0) is 26.2 Å². The fourth-order valence-corrected chi connectivity index (χ4v) is 2.15. The van der Waals surface area contributed by atoms with Crippen molar-refractivity contribution < 1.29 is 14.7 Å². The highest BCUT2D eigenvalue weighted by Crippen LogP contribution is 2.23. The molecular formula is C13H21NO3. The van der Waals surface area contributed by atoms with Gasteiger partial charge < -0.3 is 10.4 Å². The van der Waals surface area contributed by atoms with Gasteiger partial charge in [0.1, 0.15) is 6.04 Å². The topological polar surface area (TPSA) is 66.4 Å². The maximum Gasteiger partial charge on any atom is 0.326 e. The highest BCUT2D eigenvalue weighted by atomic mass is 16.4. The van der Waals surface area contributed by atoms with Crippen LogP contribution in [0.5, 0.6) is 0 Å². The van der Waals surface area contributed by atoms with E-state index in [9.17, 15) is 9.59 Å². The van der Waals surface area contributed by atoms with Crippen molar-refractivity contribution in [3.05, 3.63) is 12.2 Å². The van der Waals surface area contributed by atoms with Crippen LogP contribution in [0.1, 0.15) is 45.4 Å². The van der Waals surface area contributed by atoms with Gasteiger partial charge in [0.05, 0.1) is 0 Å². The van der Waals surface area contributed by atoms with Crippen molar-refractivity contribution in [2.45, 2.75) is 51.5 Å². The second kappa shape index (κ2) is 7.09. The van der Waals surface area contributed by atoms with Crippen molar-refractivity contribution in [2.75, 3.05) is 0 Å². The normalized spacial score (nSPS) is 19.1. The van der Waals surface area contributed by atoms with Gasteiger partial charge in [-0.15, -0.1) is 0 Å². The lowest BCUT2D eigenvalue weighted by atomic mass is 9.88. The Kier molecular flexibility index (Phi) is 5.73. The van der Waals surface area contributed by atoms with E-state index in [0.29, 0.717) is 6.42 Å². The fraction of sp³-hybridized carbons (Fsp3) is 0.692. The van der Waals surface area contributed by atoms with Crippen LogP contribution in [0.15, 0.2) is 12.2 Å². The Morgan fingerprint density at radius 1 is 1.35 bits per heavy atom. The van der Waals surface area contributed by atoms with Gasteiger partial charge in [0.25, 0.3) is 0 Å². The average molecular weight is 239 g/mol. The largest absolute Gasteiger partial charge is 0.480 e. The first-order chi connectivity index (χ1) is 8.15. The number of carboxylic acids is 1. The molecule has 0 bridgehead atoms. The van der Waals surface area contributed by atoms with Crippen LogP contribution >= 0.6 is 0 Å². The summed E-state index contributed by atoms with van der Waals surface area (Å²) in [5.74, 6) is -1.05. The average Bonchev–Trinajstić information content (AvgIpc) is 2.35. The fourth-order valence-electron chi connectivity index (χ4n) is 2.15. The standard InChI is InChI=1S/C13H21NO3/c1-2-3-9-11(13(16)17)14-12(15)10-7-5-4-6-8-10/h2-3,10-11H,4-9H2,1H3,(H,14,15)(H,16,17)/b3-2+. The number of rotatable bonds is 5. The first-order valence-electron chi connectivity index (χ1n) is 6.29. The Balaban J connectivity index is 2.47. The lowest BCUT2D eigenvalue weighted by Gasteiger charge is -2.22. The molecule has 0 saturated heterocycles. The first kappa shape index (κ1) is 13.7. The zero-order valence-corrected chi connectivity index (χ0v) is 10.3. The second-order valence-electron chi connectivity index (χ2n) is 4.54. The SMILES string of the molecule is C/C=C/CC(NC(=O)C1CCCCC1)C(=O)O. The smallest absolute Gasteiger partial charge is 0.326 e. The van der Waals surface area contributed by atoms with E-state index >= 15 is 0 Å². The summed E-state index contributed by atoms with van der Waals surface area (Å²) in [6.07, 6.45) is 9.02. The number of carbonyl (C=O) groups is 2. The number of nitrogens with one attached hydrogen (secondary N) is 1. The monoisotopic (exact) mass is 239 g/mol. The zero-order chi connectivity index (χ0) is 12.7. The highest BCUT2D eigenvalue weighted by Gasteiger charge is 2.25. The molecule has 0 aromatic heterocycles. The van der Waals surface area contributed by atoms with E-state index < -0.39 is 12.0 Å². The van der Waals surface area contributed by atoms with E-state index in [1.165, 1.54) is 6.42 Å². The molecule has 1 atom stereocenters. The summed E-state index contributed by atoms with van der Waals surface area (Å²) in [5, 5.41) is 11.6. The van der Waals surface area contributed by atoms with Gasteiger partial charge in [0.15, 0.2) is 0 Å². The predicted octanol–water partition coefficient (Wildman–Crippen LogP) is 2.10. The van der Waals surface area contributed by atoms with Crippen LogP contribution in [0.4, 0.5) is 0 Å². The summed E-state index contributed by atoms with van der Waals surface area (Å²) in [4.78, 5) is 22.9. The number of aliphatic carboxylic acids is 1. The van der Waals surface area contributed by atoms with Crippen molar-refractivity contribution >= 4 is 11.9 Å². The molecule has 4 heteroatoms. The molecule has 1 unspecified atom stereocenters. The molecule has 0 aromatic carbocycles. The molecule has 17 heavy (non-hydrogen) atoms. The first-order valence-corrected chi connectivity index (χ1v) is 6.29. The number of carboxylic acid groups (broad SMARTS) is 1. The molecule has 4 nitrogen and oxygen atoms in total. The maximum absolute atomic E-state index is 11.9. The van der Waals surface area contributed by atoms with Gasteiger partial charge in [-0.2, -0.15) is 0 Å². The van der Waals surface area contributed by atoms with E-state index in [-0.39, 0.29) is 11.8 Å². The minimum absolute atomic E-state index is 0.0104. The quantitative estimate of drug-likeness (QED) is 0.722. The zero-order valence-electron chi connectivity index (χ0n) is 10.3. The molecule has 1 aliphatic carbocycles. The summed E-state index contributed by atoms with van der Waals surface area (Å²) < 4.78 is 0. The van der Waals surface area contributed by atoms with Crippen molar-refractivity contribution in [1.82, 2.24) is 5.32 Å². The number of hydrogen-bond donors (Lipinski definition) is 2. The van der Waals surface area contributed by atoms with E-state index in [1.807, 2.05) is 6.92 Å². The molecule has 0 radical (unpaired) electrons. The maximum atomic E-state index is 11.9. The third-order valence-corrected chi connectivity index (χ3v) is 3.20.